The summed E-state index contributed by atoms with van der Waals surface area (Å²) in [6, 6.07) is 3.58. The molecule has 0 saturated carbocycles. The van der Waals surface area contributed by atoms with Crippen LogP contribution in [0.25, 0.3) is 0 Å². The summed E-state index contributed by atoms with van der Waals surface area (Å²) in [4.78, 5) is 0. The predicted octanol–water partition coefficient (Wildman–Crippen LogP) is 4.92. The molecule has 1 aromatic carbocycles. The lowest BCUT2D eigenvalue weighted by Gasteiger charge is -2.12. The average molecular weight is 442 g/mol. The van der Waals surface area contributed by atoms with Crippen molar-refractivity contribution < 1.29 is 17.9 Å². The van der Waals surface area contributed by atoms with Crippen molar-refractivity contribution in [2.24, 2.45) is 0 Å². The highest BCUT2D eigenvalue weighted by atomic mass is 79.9. The summed E-state index contributed by atoms with van der Waals surface area (Å²) >= 11 is 9.90. The third kappa shape index (κ3) is 5.58. The first-order valence-corrected chi connectivity index (χ1v) is 6.76. The molecule has 8 heteroatoms. The van der Waals surface area contributed by atoms with E-state index in [9.17, 15) is 13.2 Å². The molecular formula is C9H7Br3F3NO. The highest BCUT2D eigenvalue weighted by Crippen LogP contribution is 2.34. The minimum atomic E-state index is -4.59. The van der Waals surface area contributed by atoms with E-state index in [0.717, 1.165) is 13.4 Å². The maximum atomic E-state index is 11.7. The molecule has 0 unspecified atom stereocenters. The number of benzene rings is 1. The Bertz CT molecular complexity index is 375. The molecule has 0 aliphatic carbocycles. The van der Waals surface area contributed by atoms with E-state index in [2.05, 4.69) is 57.8 Å². The molecule has 0 aliphatic heterocycles. The topological polar surface area (TPSA) is 21.3 Å². The molecule has 17 heavy (non-hydrogen) atoms. The molecule has 1 aromatic rings. The van der Waals surface area contributed by atoms with Gasteiger partial charge in [-0.15, -0.1) is 13.2 Å². The zero-order valence-corrected chi connectivity index (χ0v) is 13.0. The molecule has 0 bridgehead atoms. The molecule has 0 spiro atoms. The summed E-state index contributed by atoms with van der Waals surface area (Å²) in [6.45, 7) is -0.392. The van der Waals surface area contributed by atoms with Crippen LogP contribution in [-0.4, -0.2) is 19.5 Å². The normalized spacial score (nSPS) is 11.6. The van der Waals surface area contributed by atoms with Crippen molar-refractivity contribution in [1.82, 2.24) is 0 Å². The van der Waals surface area contributed by atoms with Crippen molar-refractivity contribution in [3.63, 3.8) is 0 Å². The zero-order valence-electron chi connectivity index (χ0n) is 8.24. The maximum absolute atomic E-state index is 11.7. The van der Waals surface area contributed by atoms with Crippen LogP contribution in [-0.2, 0) is 4.74 Å². The van der Waals surface area contributed by atoms with Gasteiger partial charge in [0.15, 0.2) is 0 Å². The van der Waals surface area contributed by atoms with Crippen molar-refractivity contribution in [2.75, 3.05) is 18.5 Å². The summed E-state index contributed by atoms with van der Waals surface area (Å²) in [6.07, 6.45) is -4.59. The van der Waals surface area contributed by atoms with Gasteiger partial charge >= 0.3 is 6.36 Å². The maximum Gasteiger partial charge on any atom is 0.522 e. The summed E-state index contributed by atoms with van der Waals surface area (Å²) in [7, 11) is 0. The van der Waals surface area contributed by atoms with Crippen molar-refractivity contribution >= 4 is 53.5 Å². The molecule has 0 aromatic heterocycles. The second-order valence-electron chi connectivity index (χ2n) is 2.97. The highest BCUT2D eigenvalue weighted by molar-refractivity contribution is 9.11. The Morgan fingerprint density at radius 2 is 1.65 bits per heavy atom. The van der Waals surface area contributed by atoms with E-state index in [1.807, 2.05) is 0 Å². The Morgan fingerprint density at radius 1 is 1.12 bits per heavy atom. The molecule has 1 rings (SSSR count). The fourth-order valence-corrected chi connectivity index (χ4v) is 3.59. The number of hydrogen-bond donors (Lipinski definition) is 1. The van der Waals surface area contributed by atoms with Crippen LogP contribution in [0.5, 0.6) is 0 Å². The smallest absolute Gasteiger partial charge is 0.381 e. The monoisotopic (exact) mass is 439 g/mol. The lowest BCUT2D eigenvalue weighted by atomic mass is 10.3. The van der Waals surface area contributed by atoms with E-state index in [-0.39, 0.29) is 6.54 Å². The van der Waals surface area contributed by atoms with Crippen LogP contribution in [0, 0.1) is 0 Å². The fraction of sp³-hybridized carbons (Fsp3) is 0.333. The summed E-state index contributed by atoms with van der Waals surface area (Å²) < 4.78 is 41.1. The van der Waals surface area contributed by atoms with Gasteiger partial charge in [-0.25, -0.2) is 0 Å². The van der Waals surface area contributed by atoms with Crippen molar-refractivity contribution in [2.45, 2.75) is 6.36 Å². The number of rotatable bonds is 4. The minimum Gasteiger partial charge on any atom is -0.381 e. The summed E-state index contributed by atoms with van der Waals surface area (Å²) in [5.41, 5.74) is 0.680. The average Bonchev–Trinajstić information content (AvgIpc) is 2.13. The van der Waals surface area contributed by atoms with Crippen LogP contribution >= 0.6 is 47.8 Å². The van der Waals surface area contributed by atoms with Gasteiger partial charge in [0.25, 0.3) is 0 Å². The number of nitrogens with one attached hydrogen (secondary N) is 1. The quantitative estimate of drug-likeness (QED) is 0.669. The van der Waals surface area contributed by atoms with Crippen molar-refractivity contribution in [3.05, 3.63) is 25.6 Å². The number of halogens is 6. The van der Waals surface area contributed by atoms with Gasteiger partial charge in [0, 0.05) is 20.0 Å². The van der Waals surface area contributed by atoms with Crippen LogP contribution in [0.4, 0.5) is 18.9 Å². The second kappa shape index (κ2) is 6.40. The molecule has 0 fully saturated rings. The highest BCUT2D eigenvalue weighted by Gasteiger charge is 2.28. The van der Waals surface area contributed by atoms with Gasteiger partial charge in [0.05, 0.1) is 12.3 Å². The van der Waals surface area contributed by atoms with Crippen LogP contribution in [0.2, 0.25) is 0 Å². The SMILES string of the molecule is FC(F)(F)OCCNc1c(Br)cc(Br)cc1Br. The van der Waals surface area contributed by atoms with Gasteiger partial charge in [0.1, 0.15) is 0 Å². The molecule has 96 valence electrons. The lowest BCUT2D eigenvalue weighted by Crippen LogP contribution is -2.19. The Morgan fingerprint density at radius 3 is 2.12 bits per heavy atom. The van der Waals surface area contributed by atoms with Crippen LogP contribution < -0.4 is 5.32 Å². The van der Waals surface area contributed by atoms with Crippen molar-refractivity contribution in [3.8, 4) is 0 Å². The predicted molar refractivity (Wildman–Crippen MR) is 70.0 cm³/mol. The van der Waals surface area contributed by atoms with E-state index in [1.54, 1.807) is 12.1 Å². The fourth-order valence-electron chi connectivity index (χ4n) is 1.05. The van der Waals surface area contributed by atoms with Crippen LogP contribution in [0.1, 0.15) is 0 Å². The lowest BCUT2D eigenvalue weighted by molar-refractivity contribution is -0.322. The van der Waals surface area contributed by atoms with Crippen LogP contribution in [0.15, 0.2) is 25.6 Å². The molecule has 0 atom stereocenters. The van der Waals surface area contributed by atoms with Gasteiger partial charge in [0.2, 0.25) is 0 Å². The van der Waals surface area contributed by atoms with Gasteiger partial charge in [-0.1, -0.05) is 15.9 Å². The first-order chi connectivity index (χ1) is 7.79. The minimum absolute atomic E-state index is 0.0539. The molecular weight excluding hydrogens is 435 g/mol. The van der Waals surface area contributed by atoms with Gasteiger partial charge in [-0.05, 0) is 44.0 Å². The standard InChI is InChI=1S/C9H7Br3F3NO/c10-5-3-6(11)8(7(12)4-5)16-1-2-17-9(13,14)15/h3-4,16H,1-2H2. The number of ether oxygens (including phenoxy) is 1. The molecule has 0 aliphatic rings. The van der Waals surface area contributed by atoms with E-state index in [1.165, 1.54) is 0 Å². The van der Waals surface area contributed by atoms with E-state index in [4.69, 9.17) is 0 Å². The zero-order chi connectivity index (χ0) is 13.1. The molecule has 2 nitrogen and oxygen atoms in total. The number of anilines is 1. The van der Waals surface area contributed by atoms with Gasteiger partial charge < -0.3 is 5.32 Å². The summed E-state index contributed by atoms with van der Waals surface area (Å²) in [5.74, 6) is 0. The van der Waals surface area contributed by atoms with Gasteiger partial charge in [-0.3, -0.25) is 4.74 Å². The number of hydrogen-bond acceptors (Lipinski definition) is 2. The molecule has 0 saturated heterocycles. The van der Waals surface area contributed by atoms with E-state index < -0.39 is 13.0 Å². The Balaban J connectivity index is 2.53. The second-order valence-corrected chi connectivity index (χ2v) is 5.59. The molecule has 1 N–H and O–H groups in total. The Hall–Kier alpha value is 0.210. The third-order valence-electron chi connectivity index (χ3n) is 1.68. The van der Waals surface area contributed by atoms with Gasteiger partial charge in [-0.2, -0.15) is 0 Å². The Labute approximate surface area is 121 Å². The first kappa shape index (κ1) is 15.3. The first-order valence-electron chi connectivity index (χ1n) is 4.38. The van der Waals surface area contributed by atoms with Crippen molar-refractivity contribution in [1.29, 1.82) is 0 Å². The third-order valence-corrected chi connectivity index (χ3v) is 3.39. The van der Waals surface area contributed by atoms with E-state index in [0.29, 0.717) is 5.69 Å². The van der Waals surface area contributed by atoms with Crippen LogP contribution in [0.3, 0.4) is 0 Å². The Kier molecular flexibility index (Phi) is 5.75. The summed E-state index contributed by atoms with van der Waals surface area (Å²) in [5, 5.41) is 2.84. The van der Waals surface area contributed by atoms with E-state index >= 15 is 0 Å². The molecule has 0 radical (unpaired) electrons. The number of alkyl halides is 3. The molecule has 0 amide bonds. The molecule has 0 heterocycles. The largest absolute Gasteiger partial charge is 0.522 e.